The molecule has 0 aromatic heterocycles. The molecule has 0 aromatic carbocycles. The maximum absolute atomic E-state index is 6.40. The molecule has 0 aliphatic heterocycles. The summed E-state index contributed by atoms with van der Waals surface area (Å²) in [6.07, 6.45) is 7.30. The van der Waals surface area contributed by atoms with Gasteiger partial charge in [-0.25, -0.2) is 0 Å². The van der Waals surface area contributed by atoms with Gasteiger partial charge in [0, 0.05) is 11.9 Å². The summed E-state index contributed by atoms with van der Waals surface area (Å²) in [7, 11) is -4.87. The quantitative estimate of drug-likeness (QED) is 0.367. The van der Waals surface area contributed by atoms with E-state index in [0.29, 0.717) is 5.88 Å². The van der Waals surface area contributed by atoms with E-state index < -0.39 is 38.1 Å². The van der Waals surface area contributed by atoms with Crippen molar-refractivity contribution in [1.82, 2.24) is 0 Å². The third-order valence-corrected chi connectivity index (χ3v) is 14.5. The number of halogens is 1. The van der Waals surface area contributed by atoms with E-state index in [1.807, 2.05) is 0 Å². The highest BCUT2D eigenvalue weighted by molar-refractivity contribution is 6.75. The summed E-state index contributed by atoms with van der Waals surface area (Å²) in [5.41, 5.74) is 0. The molecule has 0 aliphatic carbocycles. The largest absolute Gasteiger partial charge is 0.469 e. The molecule has 0 spiro atoms. The molecule has 0 heterocycles. The zero-order valence-electron chi connectivity index (χ0n) is 15.6. The lowest BCUT2D eigenvalue weighted by atomic mass is 10.6. The average molecular weight is 409 g/mol. The Morgan fingerprint density at radius 3 is 1.43 bits per heavy atom. The standard InChI is InChI=1S/C15H33ClO3Si4/c1-7-13(4)20-17-23(12-10-11-16,18-21-14(5)8-2)19-22-15(6)9-3/h7-9H,10-12,20-22H2,1-6H3. The zero-order valence-corrected chi connectivity index (χ0v) is 21.6. The van der Waals surface area contributed by atoms with Crippen molar-refractivity contribution in [3.05, 3.63) is 33.8 Å². The van der Waals surface area contributed by atoms with Crippen LogP contribution in [0.25, 0.3) is 0 Å². The molecule has 0 aromatic rings. The monoisotopic (exact) mass is 408 g/mol. The first-order chi connectivity index (χ1) is 10.9. The molecule has 8 heteroatoms. The van der Waals surface area contributed by atoms with Crippen LogP contribution in [0.5, 0.6) is 0 Å². The fourth-order valence-corrected chi connectivity index (χ4v) is 13.4. The highest BCUT2D eigenvalue weighted by Crippen LogP contribution is 2.20. The Kier molecular flexibility index (Phi) is 13.7. The molecule has 3 nitrogen and oxygen atoms in total. The van der Waals surface area contributed by atoms with E-state index in [9.17, 15) is 0 Å². The van der Waals surface area contributed by atoms with Crippen molar-refractivity contribution in [1.29, 1.82) is 0 Å². The molecule has 23 heavy (non-hydrogen) atoms. The highest BCUT2D eigenvalue weighted by atomic mass is 35.5. The van der Waals surface area contributed by atoms with Gasteiger partial charge >= 0.3 is 8.80 Å². The smallest absolute Gasteiger partial charge is 0.418 e. The minimum atomic E-state index is -2.58. The van der Waals surface area contributed by atoms with Gasteiger partial charge in [-0.3, -0.25) is 0 Å². The third-order valence-electron chi connectivity index (χ3n) is 3.65. The third kappa shape index (κ3) is 10.7. The number of hydrogen-bond acceptors (Lipinski definition) is 3. The first kappa shape index (κ1) is 23.3. The zero-order chi connectivity index (χ0) is 17.7. The summed E-state index contributed by atoms with van der Waals surface area (Å²) in [5.74, 6) is 0.628. The Bertz CT molecular complexity index is 370. The van der Waals surface area contributed by atoms with Crippen molar-refractivity contribution in [2.24, 2.45) is 0 Å². The molecule has 0 fully saturated rings. The summed E-state index contributed by atoms with van der Waals surface area (Å²) < 4.78 is 19.2. The Balaban J connectivity index is 5.14. The molecular formula is C15H33ClO3Si4. The van der Waals surface area contributed by atoms with Crippen LogP contribution in [0.15, 0.2) is 33.8 Å². The molecule has 0 bridgehead atoms. The number of hydrogen-bond donors (Lipinski definition) is 0. The van der Waals surface area contributed by atoms with Crippen LogP contribution in [0, 0.1) is 0 Å². The van der Waals surface area contributed by atoms with Gasteiger partial charge in [-0.05, 0) is 48.0 Å². The van der Waals surface area contributed by atoms with Crippen molar-refractivity contribution in [3.63, 3.8) is 0 Å². The van der Waals surface area contributed by atoms with Crippen LogP contribution in [0.2, 0.25) is 6.04 Å². The van der Waals surface area contributed by atoms with Crippen LogP contribution >= 0.6 is 11.6 Å². The van der Waals surface area contributed by atoms with Crippen LogP contribution in [-0.2, 0) is 12.3 Å². The van der Waals surface area contributed by atoms with Gasteiger partial charge in [0.1, 0.15) is 0 Å². The molecule has 0 N–H and O–H groups in total. The second-order valence-corrected chi connectivity index (χ2v) is 15.7. The fourth-order valence-electron chi connectivity index (χ4n) is 1.55. The van der Waals surface area contributed by atoms with Gasteiger partial charge in [0.05, 0.1) is 0 Å². The molecule has 0 rings (SSSR count). The Hall–Kier alpha value is 0.258. The fraction of sp³-hybridized carbons (Fsp3) is 0.600. The predicted octanol–water partition coefficient (Wildman–Crippen LogP) is 2.63. The SMILES string of the molecule is CC=C(C)[SiH2]O[Si](CCCCl)(O[SiH2]C(C)=CC)O[SiH2]C(C)=CC. The average Bonchev–Trinajstić information content (AvgIpc) is 2.59. The van der Waals surface area contributed by atoms with Gasteiger partial charge < -0.3 is 12.3 Å². The Morgan fingerprint density at radius 2 is 1.17 bits per heavy atom. The van der Waals surface area contributed by atoms with Crippen LogP contribution in [0.1, 0.15) is 48.0 Å². The molecule has 0 saturated heterocycles. The Morgan fingerprint density at radius 1 is 0.826 bits per heavy atom. The summed E-state index contributed by atoms with van der Waals surface area (Å²) in [6.45, 7) is 12.6. The van der Waals surface area contributed by atoms with Crippen molar-refractivity contribution >= 4 is 49.7 Å². The predicted molar refractivity (Wildman–Crippen MR) is 113 cm³/mol. The first-order valence-corrected chi connectivity index (χ1v) is 14.6. The molecule has 0 radical (unpaired) electrons. The van der Waals surface area contributed by atoms with Crippen LogP contribution in [0.3, 0.4) is 0 Å². The minimum Gasteiger partial charge on any atom is -0.418 e. The van der Waals surface area contributed by atoms with Crippen molar-refractivity contribution in [3.8, 4) is 0 Å². The van der Waals surface area contributed by atoms with Gasteiger partial charge in [0.2, 0.25) is 0 Å². The second kappa shape index (κ2) is 13.5. The van der Waals surface area contributed by atoms with E-state index >= 15 is 0 Å². The van der Waals surface area contributed by atoms with E-state index in [-0.39, 0.29) is 0 Å². The normalized spacial score (nSPS) is 18.1. The van der Waals surface area contributed by atoms with Gasteiger partial charge in [0.25, 0.3) is 0 Å². The minimum absolute atomic E-state index is 0.628. The van der Waals surface area contributed by atoms with Crippen LogP contribution in [0.4, 0.5) is 0 Å². The first-order valence-electron chi connectivity index (χ1n) is 8.26. The topological polar surface area (TPSA) is 27.7 Å². The van der Waals surface area contributed by atoms with Gasteiger partial charge in [-0.1, -0.05) is 33.8 Å². The number of rotatable bonds is 12. The number of alkyl halides is 1. The summed E-state index contributed by atoms with van der Waals surface area (Å²) in [6, 6.07) is 0.842. The van der Waals surface area contributed by atoms with Crippen molar-refractivity contribution < 1.29 is 12.3 Å². The maximum Gasteiger partial charge on any atom is 0.469 e. The van der Waals surface area contributed by atoms with E-state index in [1.54, 1.807) is 0 Å². The van der Waals surface area contributed by atoms with Crippen molar-refractivity contribution in [2.45, 2.75) is 54.0 Å². The highest BCUT2D eigenvalue weighted by Gasteiger charge is 2.39. The molecule has 0 unspecified atom stereocenters. The number of allylic oxidation sites excluding steroid dienone is 6. The van der Waals surface area contributed by atoms with Gasteiger partial charge in [0.15, 0.2) is 29.3 Å². The summed E-state index contributed by atoms with van der Waals surface area (Å²) >= 11 is 5.93. The summed E-state index contributed by atoms with van der Waals surface area (Å²) in [5, 5.41) is 4.02. The maximum atomic E-state index is 6.40. The van der Waals surface area contributed by atoms with Crippen LogP contribution in [-0.4, -0.2) is 44.0 Å². The van der Waals surface area contributed by atoms with E-state index in [2.05, 4.69) is 59.8 Å². The second-order valence-electron chi connectivity index (χ2n) is 5.75. The molecule has 0 saturated carbocycles. The van der Waals surface area contributed by atoms with Gasteiger partial charge in [-0.15, -0.1) is 11.6 Å². The summed E-state index contributed by atoms with van der Waals surface area (Å²) in [4.78, 5) is 0. The van der Waals surface area contributed by atoms with Crippen molar-refractivity contribution in [2.75, 3.05) is 5.88 Å². The lowest BCUT2D eigenvalue weighted by molar-refractivity contribution is 0.282. The molecule has 0 atom stereocenters. The van der Waals surface area contributed by atoms with E-state index in [0.717, 1.165) is 12.5 Å². The molecular weight excluding hydrogens is 376 g/mol. The van der Waals surface area contributed by atoms with E-state index in [1.165, 1.54) is 15.6 Å². The van der Waals surface area contributed by atoms with Crippen LogP contribution < -0.4 is 0 Å². The molecule has 0 aliphatic rings. The lowest BCUT2D eigenvalue weighted by Gasteiger charge is -2.31. The lowest BCUT2D eigenvalue weighted by Crippen LogP contribution is -2.49. The van der Waals surface area contributed by atoms with E-state index in [4.69, 9.17) is 23.9 Å². The van der Waals surface area contributed by atoms with Gasteiger partial charge in [-0.2, -0.15) is 0 Å². The molecule has 0 amide bonds. The Labute approximate surface area is 155 Å². The molecule has 134 valence electrons.